The molecular weight excluding hydrogens is 396 g/mol. The summed E-state index contributed by atoms with van der Waals surface area (Å²) in [6.45, 7) is 8.25. The van der Waals surface area contributed by atoms with Gasteiger partial charge in [-0.3, -0.25) is 4.90 Å². The van der Waals surface area contributed by atoms with Gasteiger partial charge in [0.05, 0.1) is 13.2 Å². The largest absolute Gasteiger partial charge is 0.379 e. The maximum absolute atomic E-state index is 12.5. The Labute approximate surface area is 173 Å². The molecular formula is C19H32N4O3S2. The van der Waals surface area contributed by atoms with Crippen molar-refractivity contribution >= 4 is 27.6 Å². The third-order valence-corrected chi connectivity index (χ3v) is 8.30. The summed E-state index contributed by atoms with van der Waals surface area (Å²) in [6, 6.07) is 3.30. The minimum absolute atomic E-state index is 0.0824. The Morgan fingerprint density at radius 2 is 2.14 bits per heavy atom. The Balaban J connectivity index is 1.62. The number of sulfonamides is 1. The van der Waals surface area contributed by atoms with E-state index in [0.29, 0.717) is 5.82 Å². The molecule has 2 unspecified atom stereocenters. The van der Waals surface area contributed by atoms with Crippen LogP contribution in [-0.4, -0.2) is 74.2 Å². The van der Waals surface area contributed by atoms with Crippen molar-refractivity contribution in [1.82, 2.24) is 14.6 Å². The summed E-state index contributed by atoms with van der Waals surface area (Å²) in [6.07, 6.45) is 4.34. The van der Waals surface area contributed by atoms with Crippen molar-refractivity contribution in [2.75, 3.05) is 49.7 Å². The summed E-state index contributed by atoms with van der Waals surface area (Å²) in [5, 5.41) is 3.44. The number of morpholine rings is 1. The second-order valence-corrected chi connectivity index (χ2v) is 10.5. The number of pyridine rings is 1. The van der Waals surface area contributed by atoms with Crippen LogP contribution in [0.3, 0.4) is 0 Å². The molecule has 2 atom stereocenters. The molecule has 7 nitrogen and oxygen atoms in total. The number of aromatic nitrogens is 1. The van der Waals surface area contributed by atoms with Gasteiger partial charge in [0.15, 0.2) is 0 Å². The predicted octanol–water partition coefficient (Wildman–Crippen LogP) is 2.17. The Morgan fingerprint density at radius 1 is 1.36 bits per heavy atom. The van der Waals surface area contributed by atoms with E-state index in [1.165, 1.54) is 11.9 Å². The lowest BCUT2D eigenvalue weighted by Gasteiger charge is -2.43. The molecule has 2 N–H and O–H groups in total. The quantitative estimate of drug-likeness (QED) is 0.624. The molecule has 28 heavy (non-hydrogen) atoms. The average Bonchev–Trinajstić information content (AvgIpc) is 3.17. The van der Waals surface area contributed by atoms with E-state index in [2.05, 4.69) is 19.9 Å². The molecule has 0 bridgehead atoms. The summed E-state index contributed by atoms with van der Waals surface area (Å²) in [4.78, 5) is 7.11. The van der Waals surface area contributed by atoms with Gasteiger partial charge in [0.2, 0.25) is 10.0 Å². The van der Waals surface area contributed by atoms with Crippen LogP contribution >= 0.6 is 11.8 Å². The van der Waals surface area contributed by atoms with E-state index in [1.54, 1.807) is 12.1 Å². The van der Waals surface area contributed by atoms with Crippen LogP contribution in [0.5, 0.6) is 0 Å². The van der Waals surface area contributed by atoms with Crippen LogP contribution in [0.15, 0.2) is 23.2 Å². The number of anilines is 1. The average molecular weight is 429 g/mol. The fourth-order valence-corrected chi connectivity index (χ4v) is 6.56. The van der Waals surface area contributed by atoms with Gasteiger partial charge in [-0.25, -0.2) is 18.1 Å². The van der Waals surface area contributed by atoms with Gasteiger partial charge >= 0.3 is 0 Å². The molecule has 2 saturated heterocycles. The highest BCUT2D eigenvalue weighted by molar-refractivity contribution is 7.99. The van der Waals surface area contributed by atoms with E-state index in [0.717, 1.165) is 57.9 Å². The van der Waals surface area contributed by atoms with E-state index in [-0.39, 0.29) is 16.5 Å². The van der Waals surface area contributed by atoms with Crippen molar-refractivity contribution in [3.63, 3.8) is 0 Å². The third-order valence-electron chi connectivity index (χ3n) is 5.49. The SMILES string of the molecule is CCCC(C)NS(=O)(=O)c1ccc(NCC2(N3CCOCC3)CCSC2)nc1. The van der Waals surface area contributed by atoms with E-state index >= 15 is 0 Å². The molecule has 3 rings (SSSR count). The topological polar surface area (TPSA) is 83.6 Å². The first-order chi connectivity index (χ1) is 13.5. The van der Waals surface area contributed by atoms with Crippen molar-refractivity contribution in [1.29, 1.82) is 0 Å². The summed E-state index contributed by atoms with van der Waals surface area (Å²) in [5.41, 5.74) is 0.123. The van der Waals surface area contributed by atoms with Crippen LogP contribution in [-0.2, 0) is 14.8 Å². The summed E-state index contributed by atoms with van der Waals surface area (Å²) in [7, 11) is -3.52. The third kappa shape index (κ3) is 5.38. The van der Waals surface area contributed by atoms with Gasteiger partial charge < -0.3 is 10.1 Å². The highest BCUT2D eigenvalue weighted by atomic mass is 32.2. The molecule has 2 fully saturated rings. The normalized spacial score (nSPS) is 24.9. The number of hydrogen-bond acceptors (Lipinski definition) is 7. The lowest BCUT2D eigenvalue weighted by Crippen LogP contribution is -2.57. The van der Waals surface area contributed by atoms with Crippen molar-refractivity contribution in [2.45, 2.75) is 49.6 Å². The first kappa shape index (κ1) is 21.8. The van der Waals surface area contributed by atoms with Gasteiger partial charge in [-0.1, -0.05) is 13.3 Å². The zero-order chi connectivity index (χ0) is 20.0. The fourth-order valence-electron chi connectivity index (χ4n) is 3.86. The summed E-state index contributed by atoms with van der Waals surface area (Å²) < 4.78 is 33.1. The molecule has 0 aromatic carbocycles. The van der Waals surface area contributed by atoms with Gasteiger partial charge in [0.1, 0.15) is 10.7 Å². The Hall–Kier alpha value is -0.870. The minimum atomic E-state index is -3.52. The van der Waals surface area contributed by atoms with Crippen molar-refractivity contribution in [2.24, 2.45) is 0 Å². The van der Waals surface area contributed by atoms with Crippen LogP contribution in [0.2, 0.25) is 0 Å². The summed E-state index contributed by atoms with van der Waals surface area (Å²) in [5.74, 6) is 2.99. The lowest BCUT2D eigenvalue weighted by atomic mass is 9.95. The number of nitrogens with one attached hydrogen (secondary N) is 2. The van der Waals surface area contributed by atoms with Gasteiger partial charge in [-0.05, 0) is 37.7 Å². The fraction of sp³-hybridized carbons (Fsp3) is 0.737. The minimum Gasteiger partial charge on any atom is -0.379 e. The molecule has 0 aliphatic carbocycles. The molecule has 2 aliphatic rings. The van der Waals surface area contributed by atoms with E-state index < -0.39 is 10.0 Å². The van der Waals surface area contributed by atoms with Gasteiger partial charge in [-0.2, -0.15) is 11.8 Å². The van der Waals surface area contributed by atoms with E-state index in [9.17, 15) is 8.42 Å². The highest BCUT2D eigenvalue weighted by Gasteiger charge is 2.40. The maximum atomic E-state index is 12.5. The Morgan fingerprint density at radius 3 is 2.75 bits per heavy atom. The van der Waals surface area contributed by atoms with Crippen LogP contribution in [0.4, 0.5) is 5.82 Å². The maximum Gasteiger partial charge on any atom is 0.242 e. The standard InChI is InChI=1S/C19H32N4O3S2/c1-3-4-16(2)22-28(24,25)17-5-6-18(20-13-17)21-14-19(7-12-27-15-19)23-8-10-26-11-9-23/h5-6,13,16,22H,3-4,7-12,14-15H2,1-2H3,(H,20,21). The molecule has 9 heteroatoms. The van der Waals surface area contributed by atoms with Crippen LogP contribution in [0.1, 0.15) is 33.1 Å². The molecule has 3 heterocycles. The number of nitrogens with zero attached hydrogens (tertiary/aromatic N) is 2. The monoisotopic (exact) mass is 428 g/mol. The van der Waals surface area contributed by atoms with E-state index in [4.69, 9.17) is 4.74 Å². The van der Waals surface area contributed by atoms with Crippen molar-refractivity contribution < 1.29 is 13.2 Å². The second-order valence-electron chi connectivity index (χ2n) is 7.67. The first-order valence-electron chi connectivity index (χ1n) is 10.1. The van der Waals surface area contributed by atoms with Crippen LogP contribution < -0.4 is 10.0 Å². The van der Waals surface area contributed by atoms with Crippen LogP contribution in [0.25, 0.3) is 0 Å². The van der Waals surface area contributed by atoms with Gasteiger partial charge in [0.25, 0.3) is 0 Å². The number of hydrogen-bond donors (Lipinski definition) is 2. The van der Waals surface area contributed by atoms with Crippen molar-refractivity contribution in [3.05, 3.63) is 18.3 Å². The molecule has 158 valence electrons. The van der Waals surface area contributed by atoms with E-state index in [1.807, 2.05) is 25.6 Å². The zero-order valence-electron chi connectivity index (χ0n) is 16.8. The van der Waals surface area contributed by atoms with Crippen LogP contribution in [0, 0.1) is 0 Å². The predicted molar refractivity (Wildman–Crippen MR) is 114 cm³/mol. The number of rotatable bonds is 9. The van der Waals surface area contributed by atoms with Gasteiger partial charge in [-0.15, -0.1) is 0 Å². The molecule has 0 spiro atoms. The molecule has 0 saturated carbocycles. The number of ether oxygens (including phenoxy) is 1. The smallest absolute Gasteiger partial charge is 0.242 e. The molecule has 1 aromatic rings. The van der Waals surface area contributed by atoms with Gasteiger partial charge in [0, 0.05) is 43.2 Å². The molecule has 0 amide bonds. The second kappa shape index (κ2) is 9.75. The Kier molecular flexibility index (Phi) is 7.60. The highest BCUT2D eigenvalue weighted by Crippen LogP contribution is 2.34. The van der Waals surface area contributed by atoms with Crippen molar-refractivity contribution in [3.8, 4) is 0 Å². The molecule has 1 aromatic heterocycles. The molecule has 0 radical (unpaired) electrons. The zero-order valence-corrected chi connectivity index (χ0v) is 18.4. The first-order valence-corrected chi connectivity index (χ1v) is 12.7. The number of thioether (sulfide) groups is 1. The summed E-state index contributed by atoms with van der Waals surface area (Å²) >= 11 is 1.99. The Bertz CT molecular complexity index is 715. The lowest BCUT2D eigenvalue weighted by molar-refractivity contribution is -0.00922. The molecule has 2 aliphatic heterocycles.